The molecule has 98 valence electrons. The molecule has 2 unspecified atom stereocenters. The smallest absolute Gasteiger partial charge is 0.0480 e. The van der Waals surface area contributed by atoms with E-state index in [-0.39, 0.29) is 0 Å². The molecular weight excluding hydrogens is 212 g/mol. The van der Waals surface area contributed by atoms with Crippen molar-refractivity contribution in [1.82, 2.24) is 10.2 Å². The number of hydrogen-bond donors (Lipinski definition) is 1. The first kappa shape index (κ1) is 11.9. The fraction of sp³-hybridized carbons (Fsp3) is 1.00. The Morgan fingerprint density at radius 1 is 1.06 bits per heavy atom. The van der Waals surface area contributed by atoms with E-state index in [2.05, 4.69) is 17.3 Å². The van der Waals surface area contributed by atoms with Gasteiger partial charge in [-0.05, 0) is 58.0 Å². The Bertz CT molecular complexity index is 249. The summed E-state index contributed by atoms with van der Waals surface area (Å²) in [5, 5.41) is 3.69. The van der Waals surface area contributed by atoms with E-state index >= 15 is 0 Å². The highest BCUT2D eigenvalue weighted by atomic mass is 16.5. The van der Waals surface area contributed by atoms with Crippen molar-refractivity contribution in [1.29, 1.82) is 0 Å². The number of nitrogens with zero attached hydrogens (tertiary/aromatic N) is 1. The Hall–Kier alpha value is -0.120. The molecule has 0 amide bonds. The van der Waals surface area contributed by atoms with Crippen LogP contribution in [0.5, 0.6) is 0 Å². The maximum Gasteiger partial charge on any atom is 0.0480 e. The van der Waals surface area contributed by atoms with Crippen LogP contribution in [0.3, 0.4) is 0 Å². The monoisotopic (exact) mass is 238 g/mol. The second kappa shape index (κ2) is 5.25. The van der Waals surface area contributed by atoms with Crippen LogP contribution in [-0.4, -0.2) is 49.8 Å². The summed E-state index contributed by atoms with van der Waals surface area (Å²) in [5.74, 6) is 0.906. The third-order valence-electron chi connectivity index (χ3n) is 4.91. The number of rotatable bonds is 5. The second-order valence-corrected chi connectivity index (χ2v) is 6.10. The number of hydrogen-bond acceptors (Lipinski definition) is 3. The van der Waals surface area contributed by atoms with Gasteiger partial charge in [-0.2, -0.15) is 0 Å². The van der Waals surface area contributed by atoms with Crippen LogP contribution in [-0.2, 0) is 4.74 Å². The van der Waals surface area contributed by atoms with Crippen molar-refractivity contribution >= 4 is 0 Å². The third kappa shape index (κ3) is 2.83. The Balaban J connectivity index is 1.45. The van der Waals surface area contributed by atoms with Crippen molar-refractivity contribution in [2.45, 2.75) is 56.7 Å². The molecule has 0 radical (unpaired) electrons. The Kier molecular flexibility index (Phi) is 3.69. The van der Waals surface area contributed by atoms with E-state index in [4.69, 9.17) is 4.74 Å². The molecule has 3 fully saturated rings. The average Bonchev–Trinajstić information content (AvgIpc) is 3.13. The standard InChI is InChI=1S/C14H26N2O/c1-16(13-6-8-17-9-7-13)14-5-2-11(14)10-15-12-3-4-12/h11-15H,2-10H2,1H3. The Morgan fingerprint density at radius 3 is 2.41 bits per heavy atom. The van der Waals surface area contributed by atoms with Gasteiger partial charge in [0, 0.05) is 31.3 Å². The maximum absolute atomic E-state index is 5.46. The minimum atomic E-state index is 0.775. The lowest BCUT2D eigenvalue weighted by atomic mass is 9.77. The van der Waals surface area contributed by atoms with Gasteiger partial charge in [0.25, 0.3) is 0 Å². The summed E-state index contributed by atoms with van der Waals surface area (Å²) in [6.07, 6.45) is 8.12. The summed E-state index contributed by atoms with van der Waals surface area (Å²) in [7, 11) is 2.34. The van der Waals surface area contributed by atoms with Gasteiger partial charge in [0.1, 0.15) is 0 Å². The molecule has 0 bridgehead atoms. The molecular formula is C14H26N2O. The van der Waals surface area contributed by atoms with Gasteiger partial charge in [-0.3, -0.25) is 4.90 Å². The van der Waals surface area contributed by atoms with E-state index in [1.165, 1.54) is 45.1 Å². The number of ether oxygens (including phenoxy) is 1. The van der Waals surface area contributed by atoms with Gasteiger partial charge in [-0.1, -0.05) is 0 Å². The molecule has 3 rings (SSSR count). The van der Waals surface area contributed by atoms with Crippen LogP contribution in [0, 0.1) is 5.92 Å². The van der Waals surface area contributed by atoms with Crippen molar-refractivity contribution in [3.8, 4) is 0 Å². The quantitative estimate of drug-likeness (QED) is 0.788. The van der Waals surface area contributed by atoms with Crippen LogP contribution in [0.15, 0.2) is 0 Å². The highest BCUT2D eigenvalue weighted by Crippen LogP contribution is 2.34. The average molecular weight is 238 g/mol. The predicted molar refractivity (Wildman–Crippen MR) is 69.1 cm³/mol. The minimum Gasteiger partial charge on any atom is -0.381 e. The molecule has 0 aromatic heterocycles. The van der Waals surface area contributed by atoms with Crippen molar-refractivity contribution in [3.63, 3.8) is 0 Å². The molecule has 17 heavy (non-hydrogen) atoms. The highest BCUT2D eigenvalue weighted by Gasteiger charge is 2.37. The molecule has 0 spiro atoms. The zero-order valence-electron chi connectivity index (χ0n) is 11.0. The van der Waals surface area contributed by atoms with Crippen LogP contribution < -0.4 is 5.32 Å². The van der Waals surface area contributed by atoms with Gasteiger partial charge in [-0.15, -0.1) is 0 Å². The Morgan fingerprint density at radius 2 is 1.82 bits per heavy atom. The van der Waals surface area contributed by atoms with E-state index in [1.54, 1.807) is 0 Å². The predicted octanol–water partition coefficient (Wildman–Crippen LogP) is 1.63. The molecule has 0 aromatic carbocycles. The largest absolute Gasteiger partial charge is 0.381 e. The van der Waals surface area contributed by atoms with Gasteiger partial charge in [0.15, 0.2) is 0 Å². The molecule has 3 nitrogen and oxygen atoms in total. The molecule has 2 saturated carbocycles. The van der Waals surface area contributed by atoms with Crippen molar-refractivity contribution in [2.24, 2.45) is 5.92 Å². The SMILES string of the molecule is CN(C1CCOCC1)C1CCC1CNC1CC1. The topological polar surface area (TPSA) is 24.5 Å². The maximum atomic E-state index is 5.46. The number of nitrogens with one attached hydrogen (secondary N) is 1. The summed E-state index contributed by atoms with van der Waals surface area (Å²) >= 11 is 0. The van der Waals surface area contributed by atoms with Gasteiger partial charge in [0.2, 0.25) is 0 Å². The van der Waals surface area contributed by atoms with Crippen molar-refractivity contribution in [3.05, 3.63) is 0 Å². The Labute approximate surface area is 105 Å². The van der Waals surface area contributed by atoms with Crippen molar-refractivity contribution < 1.29 is 4.74 Å². The van der Waals surface area contributed by atoms with Crippen molar-refractivity contribution in [2.75, 3.05) is 26.8 Å². The molecule has 2 atom stereocenters. The van der Waals surface area contributed by atoms with Gasteiger partial charge in [0.05, 0.1) is 0 Å². The summed E-state index contributed by atoms with van der Waals surface area (Å²) in [5.41, 5.74) is 0. The molecule has 0 aromatic rings. The zero-order valence-corrected chi connectivity index (χ0v) is 11.0. The van der Waals surface area contributed by atoms with E-state index in [1.807, 2.05) is 0 Å². The highest BCUT2D eigenvalue weighted by molar-refractivity contribution is 4.93. The normalized spacial score (nSPS) is 34.9. The first-order valence-corrected chi connectivity index (χ1v) is 7.37. The summed E-state index contributed by atoms with van der Waals surface area (Å²) < 4.78 is 5.46. The van der Waals surface area contributed by atoms with E-state index in [0.717, 1.165) is 37.3 Å². The van der Waals surface area contributed by atoms with Gasteiger partial charge < -0.3 is 10.1 Å². The van der Waals surface area contributed by atoms with Crippen LogP contribution in [0.1, 0.15) is 38.5 Å². The van der Waals surface area contributed by atoms with Crippen LogP contribution >= 0.6 is 0 Å². The van der Waals surface area contributed by atoms with Crippen LogP contribution in [0.25, 0.3) is 0 Å². The van der Waals surface area contributed by atoms with Gasteiger partial charge in [-0.25, -0.2) is 0 Å². The summed E-state index contributed by atoms with van der Waals surface area (Å²) in [4.78, 5) is 2.66. The fourth-order valence-corrected chi connectivity index (χ4v) is 3.29. The lowest BCUT2D eigenvalue weighted by Crippen LogP contribution is -2.53. The molecule has 1 aliphatic heterocycles. The molecule has 1 N–H and O–H groups in total. The van der Waals surface area contributed by atoms with E-state index < -0.39 is 0 Å². The molecule has 1 saturated heterocycles. The van der Waals surface area contributed by atoms with Crippen LogP contribution in [0.2, 0.25) is 0 Å². The molecule has 3 heteroatoms. The molecule has 3 aliphatic rings. The zero-order chi connectivity index (χ0) is 11.7. The molecule has 1 heterocycles. The summed E-state index contributed by atoms with van der Waals surface area (Å²) in [6, 6.07) is 2.48. The fourth-order valence-electron chi connectivity index (χ4n) is 3.29. The van der Waals surface area contributed by atoms with Crippen LogP contribution in [0.4, 0.5) is 0 Å². The lowest BCUT2D eigenvalue weighted by Gasteiger charge is -2.47. The first-order valence-electron chi connectivity index (χ1n) is 7.37. The van der Waals surface area contributed by atoms with E-state index in [0.29, 0.717) is 0 Å². The second-order valence-electron chi connectivity index (χ2n) is 6.10. The molecule has 2 aliphatic carbocycles. The van der Waals surface area contributed by atoms with Gasteiger partial charge >= 0.3 is 0 Å². The minimum absolute atomic E-state index is 0.775. The first-order chi connectivity index (χ1) is 8.34. The lowest BCUT2D eigenvalue weighted by molar-refractivity contribution is -0.00857. The third-order valence-corrected chi connectivity index (χ3v) is 4.91. The van der Waals surface area contributed by atoms with E-state index in [9.17, 15) is 0 Å². The summed E-state index contributed by atoms with van der Waals surface area (Å²) in [6.45, 7) is 3.18.